The van der Waals surface area contributed by atoms with E-state index in [0.717, 1.165) is 6.54 Å². The summed E-state index contributed by atoms with van der Waals surface area (Å²) < 4.78 is 1.63. The molecule has 0 amide bonds. The summed E-state index contributed by atoms with van der Waals surface area (Å²) >= 11 is 0. The molecule has 6 heteroatoms. The molecule has 6 nitrogen and oxygen atoms in total. The summed E-state index contributed by atoms with van der Waals surface area (Å²) in [5, 5.41) is 22.8. The van der Waals surface area contributed by atoms with Gasteiger partial charge in [-0.05, 0) is 13.5 Å². The Labute approximate surface area is 108 Å². The summed E-state index contributed by atoms with van der Waals surface area (Å²) in [7, 11) is 0. The van der Waals surface area contributed by atoms with E-state index in [1.165, 1.54) is 0 Å². The van der Waals surface area contributed by atoms with E-state index in [1.807, 2.05) is 13.8 Å². The van der Waals surface area contributed by atoms with E-state index >= 15 is 0 Å². The molecule has 0 aromatic carbocycles. The van der Waals surface area contributed by atoms with Gasteiger partial charge in [-0.1, -0.05) is 6.92 Å². The molecule has 100 valence electrons. The monoisotopic (exact) mass is 251 g/mol. The van der Waals surface area contributed by atoms with Crippen LogP contribution in [0.4, 0.5) is 5.69 Å². The van der Waals surface area contributed by atoms with Gasteiger partial charge in [0.15, 0.2) is 0 Å². The molecule has 0 aliphatic heterocycles. The number of aromatic nitrogens is 2. The number of nitrogens with zero attached hydrogens (tertiary/aromatic N) is 4. The predicted molar refractivity (Wildman–Crippen MR) is 69.5 cm³/mol. The van der Waals surface area contributed by atoms with Crippen molar-refractivity contribution in [2.45, 2.75) is 26.5 Å². The molecule has 1 aromatic heterocycles. The van der Waals surface area contributed by atoms with E-state index in [1.54, 1.807) is 17.1 Å². The average molecular weight is 251 g/mol. The highest BCUT2D eigenvalue weighted by molar-refractivity contribution is 5.30. The minimum atomic E-state index is -0.518. The Balaban J connectivity index is 2.42. The number of nitriles is 1. The third-order valence-corrected chi connectivity index (χ3v) is 2.72. The second-order valence-electron chi connectivity index (χ2n) is 4.53. The fraction of sp³-hybridized carbons (Fsp3) is 0.667. The lowest BCUT2D eigenvalue weighted by molar-refractivity contribution is 0.0939. The van der Waals surface area contributed by atoms with Crippen molar-refractivity contribution in [3.63, 3.8) is 0 Å². The molecule has 2 atom stereocenters. The Kier molecular flexibility index (Phi) is 5.62. The zero-order valence-corrected chi connectivity index (χ0v) is 11.0. The lowest BCUT2D eigenvalue weighted by Gasteiger charge is -2.24. The van der Waals surface area contributed by atoms with Crippen LogP contribution in [0.3, 0.4) is 0 Å². The third kappa shape index (κ3) is 4.73. The second kappa shape index (κ2) is 6.99. The van der Waals surface area contributed by atoms with E-state index in [9.17, 15) is 5.11 Å². The molecule has 0 aliphatic carbocycles. The van der Waals surface area contributed by atoms with Crippen LogP contribution in [0.2, 0.25) is 0 Å². The number of likely N-dealkylation sites (N-methyl/N-ethyl adjacent to an activating group) is 1. The smallest absolute Gasteiger partial charge is 0.0862 e. The van der Waals surface area contributed by atoms with Crippen LogP contribution < -0.4 is 5.73 Å². The topological polar surface area (TPSA) is 91.1 Å². The molecule has 0 saturated carbocycles. The molecule has 0 bridgehead atoms. The van der Waals surface area contributed by atoms with Gasteiger partial charge in [0.25, 0.3) is 0 Å². The van der Waals surface area contributed by atoms with Crippen molar-refractivity contribution in [2.75, 3.05) is 25.4 Å². The number of aliphatic hydroxyl groups excluding tert-OH is 1. The van der Waals surface area contributed by atoms with Gasteiger partial charge in [-0.25, -0.2) is 0 Å². The quantitative estimate of drug-likeness (QED) is 0.727. The number of nitrogens with two attached hydrogens (primary N) is 1. The predicted octanol–water partition coefficient (Wildman–Crippen LogP) is 0.308. The van der Waals surface area contributed by atoms with Crippen LogP contribution in [-0.2, 0) is 6.54 Å². The van der Waals surface area contributed by atoms with Gasteiger partial charge < -0.3 is 10.8 Å². The van der Waals surface area contributed by atoms with E-state index in [2.05, 4.69) is 16.1 Å². The first-order chi connectivity index (χ1) is 8.55. The molecule has 2 unspecified atom stereocenters. The SMILES string of the molecule is CCN(CC(C)C#N)CC(O)Cn1cc(N)cn1. The highest BCUT2D eigenvalue weighted by Crippen LogP contribution is 2.03. The Hall–Kier alpha value is -1.58. The largest absolute Gasteiger partial charge is 0.396 e. The van der Waals surface area contributed by atoms with E-state index in [-0.39, 0.29) is 5.92 Å². The Morgan fingerprint density at radius 1 is 1.61 bits per heavy atom. The van der Waals surface area contributed by atoms with E-state index < -0.39 is 6.10 Å². The van der Waals surface area contributed by atoms with Crippen LogP contribution >= 0.6 is 0 Å². The van der Waals surface area contributed by atoms with Crippen molar-refractivity contribution < 1.29 is 5.11 Å². The zero-order valence-electron chi connectivity index (χ0n) is 11.0. The van der Waals surface area contributed by atoms with Crippen molar-refractivity contribution in [1.29, 1.82) is 5.26 Å². The normalized spacial score (nSPS) is 14.4. The number of nitrogen functional groups attached to an aromatic ring is 1. The average Bonchev–Trinajstić information content (AvgIpc) is 2.73. The number of hydrogen-bond acceptors (Lipinski definition) is 5. The summed E-state index contributed by atoms with van der Waals surface area (Å²) in [6, 6.07) is 2.20. The van der Waals surface area contributed by atoms with Crippen LogP contribution in [-0.4, -0.2) is 45.5 Å². The molecule has 1 aromatic rings. The zero-order chi connectivity index (χ0) is 13.5. The Bertz CT molecular complexity index is 397. The highest BCUT2D eigenvalue weighted by Gasteiger charge is 2.13. The van der Waals surface area contributed by atoms with Gasteiger partial charge >= 0.3 is 0 Å². The van der Waals surface area contributed by atoms with Gasteiger partial charge in [-0.3, -0.25) is 9.58 Å². The fourth-order valence-electron chi connectivity index (χ4n) is 1.81. The summed E-state index contributed by atoms with van der Waals surface area (Å²) in [5.74, 6) is -0.0301. The molecule has 0 saturated heterocycles. The molecule has 0 spiro atoms. The highest BCUT2D eigenvalue weighted by atomic mass is 16.3. The maximum absolute atomic E-state index is 9.97. The summed E-state index contributed by atoms with van der Waals surface area (Å²) in [5.41, 5.74) is 6.14. The van der Waals surface area contributed by atoms with Crippen LogP contribution in [0.5, 0.6) is 0 Å². The van der Waals surface area contributed by atoms with Gasteiger partial charge in [0.1, 0.15) is 0 Å². The fourth-order valence-corrected chi connectivity index (χ4v) is 1.81. The number of anilines is 1. The van der Waals surface area contributed by atoms with E-state index in [0.29, 0.717) is 25.3 Å². The van der Waals surface area contributed by atoms with Gasteiger partial charge in [-0.2, -0.15) is 10.4 Å². The number of aliphatic hydroxyl groups is 1. The van der Waals surface area contributed by atoms with Gasteiger partial charge in [0.05, 0.1) is 36.5 Å². The van der Waals surface area contributed by atoms with Crippen LogP contribution in [0.1, 0.15) is 13.8 Å². The molecule has 0 fully saturated rings. The van der Waals surface area contributed by atoms with Crippen molar-refractivity contribution in [2.24, 2.45) is 5.92 Å². The molecule has 1 heterocycles. The van der Waals surface area contributed by atoms with Crippen molar-refractivity contribution in [3.05, 3.63) is 12.4 Å². The maximum Gasteiger partial charge on any atom is 0.0862 e. The van der Waals surface area contributed by atoms with Crippen LogP contribution in [0.15, 0.2) is 12.4 Å². The number of hydrogen-bond donors (Lipinski definition) is 2. The lowest BCUT2D eigenvalue weighted by atomic mass is 10.2. The van der Waals surface area contributed by atoms with Gasteiger partial charge in [-0.15, -0.1) is 0 Å². The second-order valence-corrected chi connectivity index (χ2v) is 4.53. The lowest BCUT2D eigenvalue weighted by Crippen LogP contribution is -2.37. The van der Waals surface area contributed by atoms with Crippen molar-refractivity contribution >= 4 is 5.69 Å². The first-order valence-electron chi connectivity index (χ1n) is 6.13. The summed E-state index contributed by atoms with van der Waals surface area (Å²) in [4.78, 5) is 2.06. The first kappa shape index (κ1) is 14.5. The minimum Gasteiger partial charge on any atom is -0.396 e. The third-order valence-electron chi connectivity index (χ3n) is 2.72. The van der Waals surface area contributed by atoms with E-state index in [4.69, 9.17) is 11.0 Å². The van der Waals surface area contributed by atoms with Crippen LogP contribution in [0, 0.1) is 17.2 Å². The van der Waals surface area contributed by atoms with Crippen LogP contribution in [0.25, 0.3) is 0 Å². The molecular weight excluding hydrogens is 230 g/mol. The minimum absolute atomic E-state index is 0.0301. The van der Waals surface area contributed by atoms with Crippen molar-refractivity contribution in [3.8, 4) is 6.07 Å². The molecule has 0 aliphatic rings. The molecule has 0 radical (unpaired) electrons. The Morgan fingerprint density at radius 3 is 2.83 bits per heavy atom. The van der Waals surface area contributed by atoms with Crippen molar-refractivity contribution in [1.82, 2.24) is 14.7 Å². The molecule has 3 N–H and O–H groups in total. The molecule has 1 rings (SSSR count). The summed E-state index contributed by atoms with van der Waals surface area (Å²) in [6.45, 7) is 6.32. The Morgan fingerprint density at radius 2 is 2.33 bits per heavy atom. The standard InChI is InChI=1S/C12H21N5O/c1-3-16(6-10(2)4-13)8-12(18)9-17-7-11(14)5-15-17/h5,7,10,12,18H,3,6,8-9,14H2,1-2H3. The van der Waals surface area contributed by atoms with Gasteiger partial charge in [0.2, 0.25) is 0 Å². The summed E-state index contributed by atoms with van der Waals surface area (Å²) in [6.07, 6.45) is 2.73. The number of rotatable bonds is 7. The van der Waals surface area contributed by atoms with Gasteiger partial charge in [0, 0.05) is 19.3 Å². The molecule has 18 heavy (non-hydrogen) atoms. The molecular formula is C12H21N5O. The maximum atomic E-state index is 9.97. The first-order valence-corrected chi connectivity index (χ1v) is 6.13.